The Bertz CT molecular complexity index is 300. The maximum absolute atomic E-state index is 10.4. The molecule has 1 rings (SSSR count). The second kappa shape index (κ2) is 3.04. The number of carboxylic acid groups (broad SMARTS) is 1. The van der Waals surface area contributed by atoms with Crippen LogP contribution in [0.1, 0.15) is 10.4 Å². The van der Waals surface area contributed by atoms with E-state index in [0.29, 0.717) is 3.57 Å². The van der Waals surface area contributed by atoms with Crippen molar-refractivity contribution in [2.45, 2.75) is 0 Å². The zero-order valence-corrected chi connectivity index (χ0v) is 7.44. The van der Waals surface area contributed by atoms with Crippen LogP contribution in [0.15, 0.2) is 12.3 Å². The molecule has 0 saturated carbocycles. The third kappa shape index (κ3) is 1.79. The highest BCUT2D eigenvalue weighted by Crippen LogP contribution is 2.15. The summed E-state index contributed by atoms with van der Waals surface area (Å²) in [4.78, 5) is 13.8. The van der Waals surface area contributed by atoms with Gasteiger partial charge in [0, 0.05) is 9.77 Å². The van der Waals surface area contributed by atoms with E-state index in [-0.39, 0.29) is 5.56 Å². The summed E-state index contributed by atoms with van der Waals surface area (Å²) in [5.41, 5.74) is -0.170. The van der Waals surface area contributed by atoms with Crippen LogP contribution in [-0.2, 0) is 0 Å². The van der Waals surface area contributed by atoms with Crippen molar-refractivity contribution in [3.63, 3.8) is 0 Å². The fourth-order valence-electron chi connectivity index (χ4n) is 0.589. The van der Waals surface area contributed by atoms with Crippen molar-refractivity contribution in [1.29, 1.82) is 0 Å². The predicted molar refractivity (Wildman–Crippen MR) is 45.6 cm³/mol. The Morgan fingerprint density at radius 3 is 2.73 bits per heavy atom. The average molecular weight is 265 g/mol. The molecule has 0 amide bonds. The number of halogens is 1. The lowest BCUT2D eigenvalue weighted by Gasteiger charge is -1.96. The molecule has 1 aromatic rings. The molecular weight excluding hydrogens is 261 g/mol. The number of aromatic carboxylic acids is 1. The lowest BCUT2D eigenvalue weighted by atomic mass is 10.3. The normalized spacial score (nSPS) is 9.55. The summed E-state index contributed by atoms with van der Waals surface area (Å²) in [7, 11) is 0. The van der Waals surface area contributed by atoms with Crippen LogP contribution in [0, 0.1) is 3.57 Å². The van der Waals surface area contributed by atoms with Crippen LogP contribution in [0.5, 0.6) is 5.88 Å². The smallest absolute Gasteiger partial charge is 0.341 e. The summed E-state index contributed by atoms with van der Waals surface area (Å²) in [6.45, 7) is 0. The molecule has 2 N–H and O–H groups in total. The van der Waals surface area contributed by atoms with Crippen molar-refractivity contribution in [3.8, 4) is 5.88 Å². The van der Waals surface area contributed by atoms with Crippen molar-refractivity contribution in [1.82, 2.24) is 4.98 Å². The number of aromatic hydroxyl groups is 1. The van der Waals surface area contributed by atoms with E-state index in [4.69, 9.17) is 10.2 Å². The zero-order chi connectivity index (χ0) is 8.43. The molecule has 0 unspecified atom stereocenters. The van der Waals surface area contributed by atoms with Crippen LogP contribution in [0.4, 0.5) is 0 Å². The summed E-state index contributed by atoms with van der Waals surface area (Å²) < 4.78 is 0.679. The maximum Gasteiger partial charge on any atom is 0.341 e. The van der Waals surface area contributed by atoms with E-state index in [1.807, 2.05) is 22.6 Å². The minimum Gasteiger partial charge on any atom is -0.493 e. The number of hydrogen-bond acceptors (Lipinski definition) is 3. The number of carboxylic acids is 1. The van der Waals surface area contributed by atoms with E-state index in [2.05, 4.69) is 4.98 Å². The summed E-state index contributed by atoms with van der Waals surface area (Å²) in [6.07, 6.45) is 1.39. The molecule has 11 heavy (non-hydrogen) atoms. The first-order valence-electron chi connectivity index (χ1n) is 2.69. The van der Waals surface area contributed by atoms with E-state index in [0.717, 1.165) is 0 Å². The first kappa shape index (κ1) is 8.25. The van der Waals surface area contributed by atoms with Gasteiger partial charge in [0.25, 0.3) is 0 Å². The highest BCUT2D eigenvalue weighted by molar-refractivity contribution is 14.1. The monoisotopic (exact) mass is 265 g/mol. The van der Waals surface area contributed by atoms with Gasteiger partial charge in [-0.15, -0.1) is 0 Å². The molecule has 0 aromatic carbocycles. The molecule has 4 nitrogen and oxygen atoms in total. The van der Waals surface area contributed by atoms with Crippen LogP contribution in [0.3, 0.4) is 0 Å². The average Bonchev–Trinajstić information content (AvgIpc) is 1.94. The third-order valence-electron chi connectivity index (χ3n) is 1.06. The Morgan fingerprint density at radius 2 is 2.27 bits per heavy atom. The summed E-state index contributed by atoms with van der Waals surface area (Å²) in [5, 5.41) is 17.4. The zero-order valence-electron chi connectivity index (χ0n) is 5.28. The van der Waals surface area contributed by atoms with Crippen LogP contribution in [0.2, 0.25) is 0 Å². The van der Waals surface area contributed by atoms with E-state index in [9.17, 15) is 4.79 Å². The maximum atomic E-state index is 10.4. The van der Waals surface area contributed by atoms with Crippen molar-refractivity contribution in [2.75, 3.05) is 0 Å². The van der Waals surface area contributed by atoms with Gasteiger partial charge in [-0.3, -0.25) is 0 Å². The van der Waals surface area contributed by atoms with Gasteiger partial charge in [-0.05, 0) is 28.7 Å². The van der Waals surface area contributed by atoms with Gasteiger partial charge in [0.15, 0.2) is 0 Å². The first-order valence-corrected chi connectivity index (χ1v) is 3.77. The first-order chi connectivity index (χ1) is 5.11. The van der Waals surface area contributed by atoms with Crippen molar-refractivity contribution in [2.24, 2.45) is 0 Å². The molecule has 0 aliphatic heterocycles. The minimum atomic E-state index is -1.17. The van der Waals surface area contributed by atoms with Gasteiger partial charge in [0.05, 0.1) is 0 Å². The summed E-state index contributed by atoms with van der Waals surface area (Å²) >= 11 is 1.92. The van der Waals surface area contributed by atoms with Crippen molar-refractivity contribution in [3.05, 3.63) is 21.4 Å². The Labute approximate surface area is 76.0 Å². The molecule has 58 valence electrons. The molecule has 0 radical (unpaired) electrons. The summed E-state index contributed by atoms with van der Waals surface area (Å²) in [6, 6.07) is 1.35. The van der Waals surface area contributed by atoms with Gasteiger partial charge in [0.1, 0.15) is 5.56 Å². The Morgan fingerprint density at radius 1 is 1.64 bits per heavy atom. The minimum absolute atomic E-state index is 0.170. The standard InChI is InChI=1S/C6H4INO3/c7-3-1-4(6(10)11)5(9)8-2-3/h1-2H,(H,8,9)(H,10,11). The topological polar surface area (TPSA) is 70.4 Å². The van der Waals surface area contributed by atoms with E-state index in [1.165, 1.54) is 12.3 Å². The SMILES string of the molecule is O=C(O)c1cc(I)cnc1O. The number of nitrogens with zero attached hydrogens (tertiary/aromatic N) is 1. The second-order valence-corrected chi connectivity index (χ2v) is 3.08. The van der Waals surface area contributed by atoms with Crippen LogP contribution in [-0.4, -0.2) is 21.2 Å². The molecule has 0 atom stereocenters. The van der Waals surface area contributed by atoms with E-state index >= 15 is 0 Å². The Hall–Kier alpha value is -0.850. The highest BCUT2D eigenvalue weighted by Gasteiger charge is 2.09. The third-order valence-corrected chi connectivity index (χ3v) is 1.65. The van der Waals surface area contributed by atoms with Gasteiger partial charge in [-0.2, -0.15) is 0 Å². The molecular formula is C6H4INO3. The van der Waals surface area contributed by atoms with Crippen LogP contribution in [0.25, 0.3) is 0 Å². The molecule has 0 saturated heterocycles. The molecule has 0 bridgehead atoms. The van der Waals surface area contributed by atoms with Gasteiger partial charge in [-0.25, -0.2) is 9.78 Å². The molecule has 5 heteroatoms. The molecule has 0 aliphatic rings. The number of carbonyl (C=O) groups is 1. The number of hydrogen-bond donors (Lipinski definition) is 2. The molecule has 0 aliphatic carbocycles. The largest absolute Gasteiger partial charge is 0.493 e. The fraction of sp³-hybridized carbons (Fsp3) is 0. The summed E-state index contributed by atoms with van der Waals surface area (Å²) in [5.74, 6) is -1.62. The van der Waals surface area contributed by atoms with Gasteiger partial charge >= 0.3 is 5.97 Å². The molecule has 0 fully saturated rings. The van der Waals surface area contributed by atoms with Crippen molar-refractivity contribution < 1.29 is 15.0 Å². The van der Waals surface area contributed by atoms with Gasteiger partial charge in [-0.1, -0.05) is 0 Å². The van der Waals surface area contributed by atoms with E-state index in [1.54, 1.807) is 0 Å². The van der Waals surface area contributed by atoms with Crippen LogP contribution < -0.4 is 0 Å². The van der Waals surface area contributed by atoms with Crippen LogP contribution >= 0.6 is 22.6 Å². The molecule has 0 spiro atoms. The fourth-order valence-corrected chi connectivity index (χ4v) is 1.04. The predicted octanol–water partition coefficient (Wildman–Crippen LogP) is 1.09. The highest BCUT2D eigenvalue weighted by atomic mass is 127. The number of aromatic nitrogens is 1. The van der Waals surface area contributed by atoms with Gasteiger partial charge < -0.3 is 10.2 Å². The quantitative estimate of drug-likeness (QED) is 0.745. The Kier molecular flexibility index (Phi) is 2.28. The van der Waals surface area contributed by atoms with Crippen molar-refractivity contribution >= 4 is 28.6 Å². The second-order valence-electron chi connectivity index (χ2n) is 1.83. The lowest BCUT2D eigenvalue weighted by Crippen LogP contribution is -1.98. The van der Waals surface area contributed by atoms with E-state index < -0.39 is 11.8 Å². The number of pyridine rings is 1. The number of rotatable bonds is 1. The van der Waals surface area contributed by atoms with Gasteiger partial charge in [0.2, 0.25) is 5.88 Å². The lowest BCUT2D eigenvalue weighted by molar-refractivity contribution is 0.0693. The molecule has 1 heterocycles. The molecule has 1 aromatic heterocycles. The Balaban J connectivity index is 3.23.